The molecular formula is C22H31N3O4. The van der Waals surface area contributed by atoms with E-state index in [1.807, 2.05) is 10.6 Å². The lowest BCUT2D eigenvalue weighted by Crippen LogP contribution is -2.38. The van der Waals surface area contributed by atoms with E-state index in [9.17, 15) is 4.79 Å². The topological polar surface area (TPSA) is 65.8 Å². The number of fused-ring (bicyclic) bond motifs is 1. The van der Waals surface area contributed by atoms with E-state index < -0.39 is 0 Å². The predicted octanol–water partition coefficient (Wildman–Crippen LogP) is 2.83. The van der Waals surface area contributed by atoms with Gasteiger partial charge in [-0.2, -0.15) is 0 Å². The second-order valence-corrected chi connectivity index (χ2v) is 8.06. The lowest BCUT2D eigenvalue weighted by molar-refractivity contribution is 0.0322. The van der Waals surface area contributed by atoms with Gasteiger partial charge >= 0.3 is 0 Å². The molecule has 7 nitrogen and oxygen atoms in total. The molecule has 2 heterocycles. The summed E-state index contributed by atoms with van der Waals surface area (Å²) < 4.78 is 18.2. The minimum Gasteiger partial charge on any atom is -0.493 e. The van der Waals surface area contributed by atoms with Crippen LogP contribution in [-0.2, 0) is 17.8 Å². The van der Waals surface area contributed by atoms with Crippen molar-refractivity contribution in [2.75, 3.05) is 40.5 Å². The summed E-state index contributed by atoms with van der Waals surface area (Å²) in [6, 6.07) is 3.57. The highest BCUT2D eigenvalue weighted by Gasteiger charge is 2.21. The monoisotopic (exact) mass is 401 g/mol. The largest absolute Gasteiger partial charge is 0.493 e. The van der Waals surface area contributed by atoms with Crippen molar-refractivity contribution in [3.63, 3.8) is 0 Å². The maximum atomic E-state index is 13.5. The molecule has 7 heteroatoms. The molecule has 0 amide bonds. The number of benzene rings is 1. The molecule has 29 heavy (non-hydrogen) atoms. The van der Waals surface area contributed by atoms with Gasteiger partial charge in [0.2, 0.25) is 0 Å². The van der Waals surface area contributed by atoms with Gasteiger partial charge in [-0.05, 0) is 24.8 Å². The van der Waals surface area contributed by atoms with Crippen LogP contribution in [0.1, 0.15) is 37.9 Å². The molecule has 1 saturated carbocycles. The minimum atomic E-state index is 0.0183. The quantitative estimate of drug-likeness (QED) is 0.742. The van der Waals surface area contributed by atoms with Crippen molar-refractivity contribution in [2.24, 2.45) is 5.92 Å². The molecule has 0 radical (unpaired) electrons. The van der Waals surface area contributed by atoms with Crippen molar-refractivity contribution in [1.29, 1.82) is 0 Å². The van der Waals surface area contributed by atoms with Crippen LogP contribution in [0, 0.1) is 5.92 Å². The number of methoxy groups -OCH3 is 2. The molecule has 0 atom stereocenters. The van der Waals surface area contributed by atoms with E-state index in [2.05, 4.69) is 4.90 Å². The molecule has 1 aromatic carbocycles. The standard InChI is InChI=1S/C22H31N3O4/c1-27-19-12-17-18(13-20(19)28-2)23-21(15-24-8-10-29-11-9-24)25(22(17)26)14-16-6-4-3-5-7-16/h12-13,16H,3-11,14-15H2,1-2H3. The smallest absolute Gasteiger partial charge is 0.261 e. The molecule has 158 valence electrons. The number of rotatable bonds is 6. The Labute approximate surface area is 171 Å². The maximum absolute atomic E-state index is 13.5. The van der Waals surface area contributed by atoms with Gasteiger partial charge in [0.1, 0.15) is 5.82 Å². The van der Waals surface area contributed by atoms with Crippen molar-refractivity contribution in [3.05, 3.63) is 28.3 Å². The molecule has 0 bridgehead atoms. The summed E-state index contributed by atoms with van der Waals surface area (Å²) in [6.07, 6.45) is 6.19. The van der Waals surface area contributed by atoms with E-state index in [4.69, 9.17) is 19.2 Å². The summed E-state index contributed by atoms with van der Waals surface area (Å²) in [6.45, 7) is 4.59. The van der Waals surface area contributed by atoms with Gasteiger partial charge in [-0.25, -0.2) is 4.98 Å². The molecule has 1 saturated heterocycles. The lowest BCUT2D eigenvalue weighted by atomic mass is 9.89. The number of ether oxygens (including phenoxy) is 3. The molecule has 2 fully saturated rings. The first-order valence-corrected chi connectivity index (χ1v) is 10.6. The van der Waals surface area contributed by atoms with Crippen LogP contribution >= 0.6 is 0 Å². The summed E-state index contributed by atoms with van der Waals surface area (Å²) >= 11 is 0. The Balaban J connectivity index is 1.77. The number of hydrogen-bond acceptors (Lipinski definition) is 6. The molecule has 0 N–H and O–H groups in total. The van der Waals surface area contributed by atoms with Gasteiger partial charge < -0.3 is 14.2 Å². The van der Waals surface area contributed by atoms with Crippen LogP contribution in [0.25, 0.3) is 10.9 Å². The van der Waals surface area contributed by atoms with Gasteiger partial charge in [0.15, 0.2) is 11.5 Å². The Morgan fingerprint density at radius 3 is 2.45 bits per heavy atom. The first-order valence-electron chi connectivity index (χ1n) is 10.6. The molecule has 1 aromatic heterocycles. The molecule has 0 unspecified atom stereocenters. The Morgan fingerprint density at radius 2 is 1.76 bits per heavy atom. The second-order valence-electron chi connectivity index (χ2n) is 8.06. The normalized spacial score (nSPS) is 18.8. The fraction of sp³-hybridized carbons (Fsp3) is 0.636. The van der Waals surface area contributed by atoms with Crippen molar-refractivity contribution in [3.8, 4) is 11.5 Å². The van der Waals surface area contributed by atoms with Gasteiger partial charge in [0, 0.05) is 25.7 Å². The molecule has 1 aliphatic heterocycles. The third-order valence-electron chi connectivity index (χ3n) is 6.17. The highest BCUT2D eigenvalue weighted by atomic mass is 16.5. The van der Waals surface area contributed by atoms with Crippen molar-refractivity contribution in [1.82, 2.24) is 14.5 Å². The van der Waals surface area contributed by atoms with E-state index in [0.717, 1.165) is 38.7 Å². The minimum absolute atomic E-state index is 0.0183. The van der Waals surface area contributed by atoms with Crippen molar-refractivity contribution in [2.45, 2.75) is 45.2 Å². The third-order valence-corrected chi connectivity index (χ3v) is 6.17. The van der Waals surface area contributed by atoms with Crippen molar-refractivity contribution < 1.29 is 14.2 Å². The van der Waals surface area contributed by atoms with Gasteiger partial charge in [0.25, 0.3) is 5.56 Å². The predicted molar refractivity (Wildman–Crippen MR) is 112 cm³/mol. The van der Waals surface area contributed by atoms with E-state index in [-0.39, 0.29) is 5.56 Å². The fourth-order valence-corrected chi connectivity index (χ4v) is 4.49. The molecule has 2 aromatic rings. The highest BCUT2D eigenvalue weighted by Crippen LogP contribution is 2.31. The average Bonchev–Trinajstić information content (AvgIpc) is 2.77. The zero-order valence-electron chi connectivity index (χ0n) is 17.5. The number of morpholine rings is 1. The fourth-order valence-electron chi connectivity index (χ4n) is 4.49. The van der Waals surface area contributed by atoms with E-state index >= 15 is 0 Å². The third kappa shape index (κ3) is 4.41. The zero-order valence-corrected chi connectivity index (χ0v) is 17.5. The molecular weight excluding hydrogens is 370 g/mol. The van der Waals surface area contributed by atoms with Crippen LogP contribution < -0.4 is 15.0 Å². The van der Waals surface area contributed by atoms with Crippen LogP contribution in [0.2, 0.25) is 0 Å². The Bertz CT molecular complexity index is 899. The van der Waals surface area contributed by atoms with Gasteiger partial charge in [-0.3, -0.25) is 14.3 Å². The molecule has 0 spiro atoms. The van der Waals surface area contributed by atoms with Crippen LogP contribution in [0.3, 0.4) is 0 Å². The first-order chi connectivity index (χ1) is 14.2. The van der Waals surface area contributed by atoms with Crippen molar-refractivity contribution >= 4 is 10.9 Å². The summed E-state index contributed by atoms with van der Waals surface area (Å²) in [5, 5.41) is 0.587. The molecule has 1 aliphatic carbocycles. The van der Waals surface area contributed by atoms with Crippen LogP contribution in [0.15, 0.2) is 16.9 Å². The number of nitrogens with zero attached hydrogens (tertiary/aromatic N) is 3. The molecule has 2 aliphatic rings. The van der Waals surface area contributed by atoms with E-state index in [1.54, 1.807) is 20.3 Å². The first kappa shape index (κ1) is 20.2. The lowest BCUT2D eigenvalue weighted by Gasteiger charge is -2.28. The molecule has 4 rings (SSSR count). The SMILES string of the molecule is COc1cc2nc(CN3CCOCC3)n(CC3CCCCC3)c(=O)c2cc1OC. The zero-order chi connectivity index (χ0) is 20.2. The summed E-state index contributed by atoms with van der Waals surface area (Å²) in [5.41, 5.74) is 0.681. The van der Waals surface area contributed by atoms with Gasteiger partial charge in [-0.15, -0.1) is 0 Å². The van der Waals surface area contributed by atoms with Gasteiger partial charge in [0.05, 0.1) is 44.9 Å². The Kier molecular flexibility index (Phi) is 6.35. The summed E-state index contributed by atoms with van der Waals surface area (Å²) in [4.78, 5) is 20.8. The van der Waals surface area contributed by atoms with E-state index in [1.165, 1.54) is 32.1 Å². The highest BCUT2D eigenvalue weighted by molar-refractivity contribution is 5.82. The summed E-state index contributed by atoms with van der Waals surface area (Å²) in [7, 11) is 3.19. The van der Waals surface area contributed by atoms with E-state index in [0.29, 0.717) is 34.9 Å². The average molecular weight is 402 g/mol. The summed E-state index contributed by atoms with van der Waals surface area (Å²) in [5.74, 6) is 2.53. The Morgan fingerprint density at radius 1 is 1.07 bits per heavy atom. The van der Waals surface area contributed by atoms with Gasteiger partial charge in [-0.1, -0.05) is 19.3 Å². The second kappa shape index (κ2) is 9.13. The van der Waals surface area contributed by atoms with Crippen LogP contribution in [-0.4, -0.2) is 55.0 Å². The Hall–Kier alpha value is -2.12. The van der Waals surface area contributed by atoms with Crippen LogP contribution in [0.5, 0.6) is 11.5 Å². The van der Waals surface area contributed by atoms with Crippen LogP contribution in [0.4, 0.5) is 0 Å². The maximum Gasteiger partial charge on any atom is 0.261 e. The number of aromatic nitrogens is 2. The number of hydrogen-bond donors (Lipinski definition) is 0.